The number of hydrogen-bond donors (Lipinski definition) is 2. The molecule has 4 rings (SSSR count). The number of aryl methyl sites for hydroxylation is 1. The number of nitrogens with one attached hydrogen (secondary N) is 1. The monoisotopic (exact) mass is 330 g/mol. The molecule has 0 unspecified atom stereocenters. The van der Waals surface area contributed by atoms with Crippen molar-refractivity contribution in [2.75, 3.05) is 29.9 Å². The number of rotatable bonds is 6. The fraction of sp³-hybridized carbons (Fsp3) is 0.562. The maximum Gasteiger partial charge on any atom is 0.157 e. The summed E-state index contributed by atoms with van der Waals surface area (Å²) in [6.45, 7) is 2.03. The molecule has 128 valence electrons. The number of aliphatic hydroxyl groups excluding tert-OH is 1. The van der Waals surface area contributed by atoms with Crippen LogP contribution in [0, 0.1) is 5.92 Å². The fourth-order valence-corrected chi connectivity index (χ4v) is 2.88. The second-order valence-electron chi connectivity index (χ2n) is 6.56. The highest BCUT2D eigenvalue weighted by Crippen LogP contribution is 2.29. The molecule has 1 saturated carbocycles. The Morgan fingerprint density at radius 3 is 2.96 bits per heavy atom. The number of nitrogens with zero attached hydrogens (tertiary/aromatic N) is 5. The van der Waals surface area contributed by atoms with Gasteiger partial charge in [0, 0.05) is 26.2 Å². The molecule has 24 heavy (non-hydrogen) atoms. The summed E-state index contributed by atoms with van der Waals surface area (Å²) in [6, 6.07) is 1.93. The lowest BCUT2D eigenvalue weighted by Crippen LogP contribution is -2.29. The van der Waals surface area contributed by atoms with Gasteiger partial charge in [-0.25, -0.2) is 9.97 Å². The summed E-state index contributed by atoms with van der Waals surface area (Å²) in [6.07, 6.45) is 6.74. The van der Waals surface area contributed by atoms with Crippen LogP contribution in [0.25, 0.3) is 0 Å². The minimum Gasteiger partial charge on any atom is -0.482 e. The Bertz CT molecular complexity index is 701. The van der Waals surface area contributed by atoms with Gasteiger partial charge in [-0.2, -0.15) is 5.10 Å². The van der Waals surface area contributed by atoms with Crippen molar-refractivity contribution in [3.8, 4) is 5.75 Å². The molecule has 8 nitrogen and oxygen atoms in total. The maximum atomic E-state index is 10.3. The van der Waals surface area contributed by atoms with Crippen molar-refractivity contribution >= 4 is 11.6 Å². The van der Waals surface area contributed by atoms with E-state index in [2.05, 4.69) is 20.4 Å². The smallest absolute Gasteiger partial charge is 0.157 e. The highest BCUT2D eigenvalue weighted by molar-refractivity contribution is 5.49. The summed E-state index contributed by atoms with van der Waals surface area (Å²) in [7, 11) is 1.83. The second kappa shape index (κ2) is 6.27. The predicted molar refractivity (Wildman–Crippen MR) is 89.1 cm³/mol. The van der Waals surface area contributed by atoms with Crippen LogP contribution >= 0.6 is 0 Å². The molecule has 0 bridgehead atoms. The van der Waals surface area contributed by atoms with Gasteiger partial charge < -0.3 is 20.1 Å². The van der Waals surface area contributed by atoms with E-state index in [4.69, 9.17) is 4.74 Å². The highest BCUT2D eigenvalue weighted by atomic mass is 16.5. The molecule has 1 saturated heterocycles. The van der Waals surface area contributed by atoms with Crippen molar-refractivity contribution in [2.45, 2.75) is 25.0 Å². The summed E-state index contributed by atoms with van der Waals surface area (Å²) < 4.78 is 7.52. The number of aliphatic hydroxyl groups is 1. The first-order valence-corrected chi connectivity index (χ1v) is 8.31. The lowest BCUT2D eigenvalue weighted by Gasteiger charge is -2.17. The van der Waals surface area contributed by atoms with Crippen LogP contribution in [0.1, 0.15) is 12.8 Å². The molecule has 0 radical (unpaired) electrons. The number of anilines is 2. The van der Waals surface area contributed by atoms with Gasteiger partial charge in [0.1, 0.15) is 30.2 Å². The van der Waals surface area contributed by atoms with Crippen LogP contribution in [0.5, 0.6) is 5.75 Å². The van der Waals surface area contributed by atoms with E-state index in [1.165, 1.54) is 12.8 Å². The summed E-state index contributed by atoms with van der Waals surface area (Å²) in [4.78, 5) is 10.6. The molecule has 2 atom stereocenters. The Morgan fingerprint density at radius 2 is 2.21 bits per heavy atom. The third-order valence-corrected chi connectivity index (χ3v) is 4.45. The molecule has 2 aromatic rings. The van der Waals surface area contributed by atoms with Crippen LogP contribution in [0.15, 0.2) is 24.8 Å². The minimum absolute atomic E-state index is 0.299. The summed E-state index contributed by atoms with van der Waals surface area (Å²) in [5.74, 6) is 3.09. The van der Waals surface area contributed by atoms with Gasteiger partial charge in [-0.1, -0.05) is 0 Å². The van der Waals surface area contributed by atoms with Crippen molar-refractivity contribution in [1.82, 2.24) is 19.7 Å². The normalized spacial score (nSPS) is 23.5. The van der Waals surface area contributed by atoms with Gasteiger partial charge in [0.2, 0.25) is 0 Å². The van der Waals surface area contributed by atoms with Gasteiger partial charge in [0.25, 0.3) is 0 Å². The predicted octanol–water partition coefficient (Wildman–Crippen LogP) is 0.660. The second-order valence-corrected chi connectivity index (χ2v) is 6.56. The van der Waals surface area contributed by atoms with Crippen LogP contribution in [0.4, 0.5) is 11.6 Å². The van der Waals surface area contributed by atoms with E-state index in [-0.39, 0.29) is 6.10 Å². The first-order chi connectivity index (χ1) is 11.7. The highest BCUT2D eigenvalue weighted by Gasteiger charge is 2.34. The third-order valence-electron chi connectivity index (χ3n) is 4.45. The van der Waals surface area contributed by atoms with Gasteiger partial charge in [-0.3, -0.25) is 4.68 Å². The van der Waals surface area contributed by atoms with E-state index in [1.807, 2.05) is 18.0 Å². The van der Waals surface area contributed by atoms with Crippen molar-refractivity contribution in [3.63, 3.8) is 0 Å². The third kappa shape index (κ3) is 3.43. The zero-order valence-corrected chi connectivity index (χ0v) is 13.7. The molecule has 1 aliphatic heterocycles. The molecule has 0 spiro atoms. The first kappa shape index (κ1) is 15.2. The number of hydrogen-bond acceptors (Lipinski definition) is 7. The average molecular weight is 330 g/mol. The standard InChI is InChI=1S/C16H22N6O2/c1-21-7-12(6-20-21)24-14-9-22(8-13(14)23)16-4-15(18-10-19-16)17-5-11-2-3-11/h4,6-7,10-11,13-14,23H,2-3,5,8-9H2,1H3,(H,17,18,19)/t13-,14-/m1/s1. The van der Waals surface area contributed by atoms with E-state index in [9.17, 15) is 5.11 Å². The summed E-state index contributed by atoms with van der Waals surface area (Å²) in [5.41, 5.74) is 0. The molecule has 2 aromatic heterocycles. The van der Waals surface area contributed by atoms with Crippen molar-refractivity contribution in [2.24, 2.45) is 13.0 Å². The Balaban J connectivity index is 1.40. The van der Waals surface area contributed by atoms with Gasteiger partial charge >= 0.3 is 0 Å². The SMILES string of the molecule is Cn1cc(O[C@@H]2CN(c3cc(NCC4CC4)ncn3)C[C@H]2O)cn1. The molecule has 0 aromatic carbocycles. The van der Waals surface area contributed by atoms with E-state index < -0.39 is 6.10 Å². The molecule has 1 aliphatic carbocycles. The van der Waals surface area contributed by atoms with E-state index in [0.29, 0.717) is 18.8 Å². The van der Waals surface area contributed by atoms with Crippen LogP contribution in [0.2, 0.25) is 0 Å². The fourth-order valence-electron chi connectivity index (χ4n) is 2.88. The number of aromatic nitrogens is 4. The molecule has 0 amide bonds. The first-order valence-electron chi connectivity index (χ1n) is 8.31. The Labute approximate surface area is 140 Å². The van der Waals surface area contributed by atoms with Gasteiger partial charge in [0.05, 0.1) is 18.9 Å². The van der Waals surface area contributed by atoms with Crippen molar-refractivity contribution < 1.29 is 9.84 Å². The zero-order valence-electron chi connectivity index (χ0n) is 13.7. The minimum atomic E-state index is -0.567. The molecule has 2 fully saturated rings. The summed E-state index contributed by atoms with van der Waals surface area (Å²) in [5, 5.41) is 17.7. The van der Waals surface area contributed by atoms with E-state index in [0.717, 1.165) is 24.1 Å². The average Bonchev–Trinajstić information content (AvgIpc) is 3.22. The van der Waals surface area contributed by atoms with Crippen LogP contribution in [-0.2, 0) is 7.05 Å². The Hall–Kier alpha value is -2.35. The molecular formula is C16H22N6O2. The molecule has 2 N–H and O–H groups in total. The Morgan fingerprint density at radius 1 is 1.33 bits per heavy atom. The van der Waals surface area contributed by atoms with Crippen LogP contribution in [-0.4, -0.2) is 56.7 Å². The number of β-amino-alcohol motifs (C(OH)–C–C–N with tert-alkyl or cyclic N) is 1. The topological polar surface area (TPSA) is 88.3 Å². The van der Waals surface area contributed by atoms with Crippen molar-refractivity contribution in [3.05, 3.63) is 24.8 Å². The zero-order chi connectivity index (χ0) is 16.5. The Kier molecular flexibility index (Phi) is 3.97. The van der Waals surface area contributed by atoms with Crippen molar-refractivity contribution in [1.29, 1.82) is 0 Å². The van der Waals surface area contributed by atoms with Crippen LogP contribution in [0.3, 0.4) is 0 Å². The molecule has 8 heteroatoms. The lowest BCUT2D eigenvalue weighted by molar-refractivity contribution is 0.0737. The number of ether oxygens (including phenoxy) is 1. The maximum absolute atomic E-state index is 10.3. The van der Waals surface area contributed by atoms with Crippen LogP contribution < -0.4 is 15.0 Å². The quantitative estimate of drug-likeness (QED) is 0.804. The molecule has 2 aliphatic rings. The lowest BCUT2D eigenvalue weighted by atomic mass is 10.3. The largest absolute Gasteiger partial charge is 0.482 e. The van der Waals surface area contributed by atoms with E-state index in [1.54, 1.807) is 23.4 Å². The molecule has 3 heterocycles. The van der Waals surface area contributed by atoms with Gasteiger partial charge in [0.15, 0.2) is 5.75 Å². The van der Waals surface area contributed by atoms with Gasteiger partial charge in [-0.15, -0.1) is 0 Å². The molecular weight excluding hydrogens is 308 g/mol. The van der Waals surface area contributed by atoms with E-state index >= 15 is 0 Å². The van der Waals surface area contributed by atoms with Gasteiger partial charge in [-0.05, 0) is 18.8 Å². The summed E-state index contributed by atoms with van der Waals surface area (Å²) >= 11 is 0.